The Hall–Kier alpha value is -1.26. The zero-order valence-electron chi connectivity index (χ0n) is 13.3. The number of aliphatic hydroxyl groups excluding tert-OH is 1. The van der Waals surface area contributed by atoms with Crippen LogP contribution in [0.2, 0.25) is 5.02 Å². The first kappa shape index (κ1) is 19.8. The Bertz CT molecular complexity index is 590. The molecular weight excluding hydrogens is 333 g/mol. The molecule has 2 aromatic carbocycles. The van der Waals surface area contributed by atoms with Gasteiger partial charge >= 0.3 is 0 Å². The summed E-state index contributed by atoms with van der Waals surface area (Å²) in [5.74, 6) is 0.771. The third kappa shape index (κ3) is 6.80. The number of aryl methyl sites for hydroxylation is 1. The van der Waals surface area contributed by atoms with Crippen LogP contribution in [0.5, 0.6) is 5.75 Å². The molecule has 126 valence electrons. The quantitative estimate of drug-likeness (QED) is 0.783. The van der Waals surface area contributed by atoms with E-state index >= 15 is 0 Å². The number of nitrogens with one attached hydrogen (secondary N) is 1. The van der Waals surface area contributed by atoms with Gasteiger partial charge in [-0.15, -0.1) is 12.4 Å². The Morgan fingerprint density at radius 2 is 1.87 bits per heavy atom. The van der Waals surface area contributed by atoms with Gasteiger partial charge in [-0.1, -0.05) is 41.4 Å². The van der Waals surface area contributed by atoms with E-state index in [0.717, 1.165) is 16.3 Å². The second-order valence-corrected chi connectivity index (χ2v) is 5.90. The van der Waals surface area contributed by atoms with Crippen molar-refractivity contribution in [2.24, 2.45) is 0 Å². The van der Waals surface area contributed by atoms with Gasteiger partial charge in [0.05, 0.1) is 0 Å². The maximum Gasteiger partial charge on any atom is 0.119 e. The minimum Gasteiger partial charge on any atom is -0.491 e. The van der Waals surface area contributed by atoms with E-state index < -0.39 is 6.10 Å². The van der Waals surface area contributed by atoms with Gasteiger partial charge in [0, 0.05) is 17.6 Å². The largest absolute Gasteiger partial charge is 0.491 e. The Morgan fingerprint density at radius 1 is 1.17 bits per heavy atom. The van der Waals surface area contributed by atoms with Crippen LogP contribution >= 0.6 is 24.0 Å². The van der Waals surface area contributed by atoms with Gasteiger partial charge < -0.3 is 15.2 Å². The fourth-order valence-electron chi connectivity index (χ4n) is 2.09. The molecule has 2 rings (SSSR count). The molecule has 5 heteroatoms. The molecule has 2 aromatic rings. The van der Waals surface area contributed by atoms with Crippen molar-refractivity contribution in [3.05, 3.63) is 64.7 Å². The first-order valence-electron chi connectivity index (χ1n) is 7.41. The lowest BCUT2D eigenvalue weighted by Gasteiger charge is -2.18. The molecule has 0 aromatic heterocycles. The lowest BCUT2D eigenvalue weighted by Crippen LogP contribution is -2.33. The maximum atomic E-state index is 10.0. The van der Waals surface area contributed by atoms with Crippen LogP contribution in [0.25, 0.3) is 0 Å². The Morgan fingerprint density at radius 3 is 2.52 bits per heavy atom. The van der Waals surface area contributed by atoms with Gasteiger partial charge in [0.25, 0.3) is 0 Å². The number of benzene rings is 2. The summed E-state index contributed by atoms with van der Waals surface area (Å²) in [6.07, 6.45) is -0.567. The van der Waals surface area contributed by atoms with E-state index in [1.165, 1.54) is 5.56 Å². The van der Waals surface area contributed by atoms with Crippen LogP contribution in [0.15, 0.2) is 48.5 Å². The topological polar surface area (TPSA) is 41.5 Å². The van der Waals surface area contributed by atoms with Gasteiger partial charge in [-0.3, -0.25) is 0 Å². The summed E-state index contributed by atoms with van der Waals surface area (Å²) < 4.78 is 5.57. The van der Waals surface area contributed by atoms with Crippen molar-refractivity contribution in [3.63, 3.8) is 0 Å². The van der Waals surface area contributed by atoms with Gasteiger partial charge in [0.2, 0.25) is 0 Å². The Kier molecular flexibility index (Phi) is 8.42. The summed E-state index contributed by atoms with van der Waals surface area (Å²) in [5, 5.41) is 14.0. The van der Waals surface area contributed by atoms with Crippen molar-refractivity contribution >= 4 is 24.0 Å². The van der Waals surface area contributed by atoms with E-state index in [0.29, 0.717) is 6.54 Å². The third-order valence-electron chi connectivity index (χ3n) is 3.47. The zero-order valence-corrected chi connectivity index (χ0v) is 14.9. The number of hydrogen-bond donors (Lipinski definition) is 2. The molecule has 0 saturated carbocycles. The average molecular weight is 356 g/mol. The molecule has 0 aliphatic rings. The molecule has 2 unspecified atom stereocenters. The molecule has 23 heavy (non-hydrogen) atoms. The van der Waals surface area contributed by atoms with Crippen LogP contribution in [0.1, 0.15) is 24.1 Å². The van der Waals surface area contributed by atoms with Gasteiger partial charge in [-0.2, -0.15) is 0 Å². The number of halogens is 2. The van der Waals surface area contributed by atoms with Gasteiger partial charge in [-0.25, -0.2) is 0 Å². The Balaban J connectivity index is 0.00000264. The summed E-state index contributed by atoms with van der Waals surface area (Å²) in [4.78, 5) is 0. The minimum absolute atomic E-state index is 0. The number of hydrogen-bond acceptors (Lipinski definition) is 3. The van der Waals surface area contributed by atoms with Crippen LogP contribution in [-0.4, -0.2) is 24.4 Å². The predicted octanol–water partition coefficient (Wildman–Crippen LogP) is 4.16. The van der Waals surface area contributed by atoms with Crippen LogP contribution < -0.4 is 10.1 Å². The fraction of sp³-hybridized carbons (Fsp3) is 0.333. The summed E-state index contributed by atoms with van der Waals surface area (Å²) in [5.41, 5.74) is 2.28. The smallest absolute Gasteiger partial charge is 0.119 e. The highest BCUT2D eigenvalue weighted by molar-refractivity contribution is 6.30. The van der Waals surface area contributed by atoms with Gasteiger partial charge in [0.1, 0.15) is 18.5 Å². The summed E-state index contributed by atoms with van der Waals surface area (Å²) in [6.45, 7) is 4.79. The summed E-state index contributed by atoms with van der Waals surface area (Å²) in [7, 11) is 0. The first-order chi connectivity index (χ1) is 10.5. The monoisotopic (exact) mass is 355 g/mol. The second-order valence-electron chi connectivity index (χ2n) is 5.46. The molecule has 0 saturated heterocycles. The van der Waals surface area contributed by atoms with Crippen LogP contribution in [0.3, 0.4) is 0 Å². The van der Waals surface area contributed by atoms with Crippen molar-refractivity contribution in [1.29, 1.82) is 0 Å². The molecule has 0 aliphatic carbocycles. The van der Waals surface area contributed by atoms with Crippen LogP contribution in [-0.2, 0) is 0 Å². The normalized spacial score (nSPS) is 13.0. The molecule has 3 nitrogen and oxygen atoms in total. The molecule has 0 spiro atoms. The minimum atomic E-state index is -0.567. The highest BCUT2D eigenvalue weighted by Gasteiger charge is 2.10. The molecule has 0 aliphatic heterocycles. The van der Waals surface area contributed by atoms with E-state index in [1.807, 2.05) is 62.4 Å². The Labute approximate surface area is 149 Å². The highest BCUT2D eigenvalue weighted by Crippen LogP contribution is 2.17. The van der Waals surface area contributed by atoms with E-state index in [1.54, 1.807) is 0 Å². The lowest BCUT2D eigenvalue weighted by atomic mass is 10.1. The highest BCUT2D eigenvalue weighted by atomic mass is 35.5. The van der Waals surface area contributed by atoms with Crippen molar-refractivity contribution < 1.29 is 9.84 Å². The molecule has 0 heterocycles. The van der Waals surface area contributed by atoms with Gasteiger partial charge in [-0.05, 0) is 43.7 Å². The van der Waals surface area contributed by atoms with E-state index in [9.17, 15) is 5.11 Å². The molecule has 2 atom stereocenters. The maximum absolute atomic E-state index is 10.0. The van der Waals surface area contributed by atoms with Crippen molar-refractivity contribution in [3.8, 4) is 5.75 Å². The van der Waals surface area contributed by atoms with E-state index in [2.05, 4.69) is 5.32 Å². The molecule has 0 amide bonds. The molecule has 2 N–H and O–H groups in total. The summed E-state index contributed by atoms with van der Waals surface area (Å²) in [6, 6.07) is 15.6. The zero-order chi connectivity index (χ0) is 15.9. The molecular formula is C18H23Cl2NO2. The first-order valence-corrected chi connectivity index (χ1v) is 7.79. The van der Waals surface area contributed by atoms with E-state index in [-0.39, 0.29) is 25.1 Å². The molecule has 0 bridgehead atoms. The van der Waals surface area contributed by atoms with Crippen LogP contribution in [0.4, 0.5) is 0 Å². The molecule has 0 fully saturated rings. The standard InChI is InChI=1S/C18H22ClNO2.ClH/c1-13-6-8-18(9-7-13)22-12-17(21)11-20-14(2)15-4-3-5-16(19)10-15;/h3-10,14,17,20-21H,11-12H2,1-2H3;1H. The van der Waals surface area contributed by atoms with E-state index in [4.69, 9.17) is 16.3 Å². The second kappa shape index (κ2) is 9.78. The number of aliphatic hydroxyl groups is 1. The number of ether oxygens (including phenoxy) is 1. The summed E-state index contributed by atoms with van der Waals surface area (Å²) >= 11 is 5.98. The SMILES string of the molecule is Cc1ccc(OCC(O)CNC(C)c2cccc(Cl)c2)cc1.Cl. The van der Waals surface area contributed by atoms with Crippen molar-refractivity contribution in [1.82, 2.24) is 5.32 Å². The van der Waals surface area contributed by atoms with Crippen molar-refractivity contribution in [2.75, 3.05) is 13.2 Å². The molecule has 0 radical (unpaired) electrons. The number of rotatable bonds is 7. The fourth-order valence-corrected chi connectivity index (χ4v) is 2.29. The third-order valence-corrected chi connectivity index (χ3v) is 3.71. The lowest BCUT2D eigenvalue weighted by molar-refractivity contribution is 0.104. The van der Waals surface area contributed by atoms with Crippen molar-refractivity contribution in [2.45, 2.75) is 26.0 Å². The van der Waals surface area contributed by atoms with Crippen LogP contribution in [0, 0.1) is 6.92 Å². The predicted molar refractivity (Wildman–Crippen MR) is 97.8 cm³/mol. The van der Waals surface area contributed by atoms with Gasteiger partial charge in [0.15, 0.2) is 0 Å². The average Bonchev–Trinajstić information content (AvgIpc) is 2.52.